The van der Waals surface area contributed by atoms with E-state index in [-0.39, 0.29) is 5.91 Å². The molecule has 2 saturated heterocycles. The molecule has 2 fully saturated rings. The van der Waals surface area contributed by atoms with Gasteiger partial charge in [-0.05, 0) is 69.6 Å². The van der Waals surface area contributed by atoms with E-state index >= 15 is 0 Å². The van der Waals surface area contributed by atoms with Crippen LogP contribution in [0, 0.1) is 17.8 Å². The third kappa shape index (κ3) is 5.73. The number of piperidine rings is 1. The molecule has 3 unspecified atom stereocenters. The zero-order valence-electron chi connectivity index (χ0n) is 16.2. The summed E-state index contributed by atoms with van der Waals surface area (Å²) in [6.07, 6.45) is 8.25. The molecule has 140 valence electrons. The number of nitrogens with zero attached hydrogens (tertiary/aromatic N) is 1. The highest BCUT2D eigenvalue weighted by molar-refractivity contribution is 5.76. The van der Waals surface area contributed by atoms with E-state index in [2.05, 4.69) is 36.3 Å². The summed E-state index contributed by atoms with van der Waals surface area (Å²) in [5.41, 5.74) is 0. The lowest BCUT2D eigenvalue weighted by molar-refractivity contribution is -0.122. The summed E-state index contributed by atoms with van der Waals surface area (Å²) in [6, 6.07) is 0.526. The van der Waals surface area contributed by atoms with Gasteiger partial charge in [-0.15, -0.1) is 0 Å². The summed E-state index contributed by atoms with van der Waals surface area (Å²) in [7, 11) is 0. The topological polar surface area (TPSA) is 44.4 Å². The van der Waals surface area contributed by atoms with E-state index in [0.29, 0.717) is 30.2 Å². The third-order valence-corrected chi connectivity index (χ3v) is 6.36. The van der Waals surface area contributed by atoms with Gasteiger partial charge < -0.3 is 10.6 Å². The van der Waals surface area contributed by atoms with Gasteiger partial charge in [0.2, 0.25) is 5.91 Å². The fourth-order valence-electron chi connectivity index (χ4n) is 4.61. The Balaban J connectivity index is 1.80. The number of hydrogen-bond donors (Lipinski definition) is 2. The molecule has 4 nitrogen and oxygen atoms in total. The maximum atomic E-state index is 12.5. The molecule has 24 heavy (non-hydrogen) atoms. The molecule has 4 heteroatoms. The highest BCUT2D eigenvalue weighted by Gasteiger charge is 2.28. The molecule has 0 saturated carbocycles. The largest absolute Gasteiger partial charge is 0.355 e. The first-order valence-corrected chi connectivity index (χ1v) is 10.4. The molecule has 2 heterocycles. The maximum absolute atomic E-state index is 12.5. The number of amides is 1. The van der Waals surface area contributed by atoms with Crippen molar-refractivity contribution in [1.82, 2.24) is 15.5 Å². The lowest BCUT2D eigenvalue weighted by Gasteiger charge is -2.34. The Morgan fingerprint density at radius 3 is 2.50 bits per heavy atom. The van der Waals surface area contributed by atoms with Gasteiger partial charge in [0.15, 0.2) is 0 Å². The fourth-order valence-corrected chi connectivity index (χ4v) is 4.61. The van der Waals surface area contributed by atoms with Crippen LogP contribution in [-0.2, 0) is 4.79 Å². The Hall–Kier alpha value is -0.610. The summed E-state index contributed by atoms with van der Waals surface area (Å²) in [5.74, 6) is 2.10. The second-order valence-electron chi connectivity index (χ2n) is 7.98. The number of rotatable bonds is 9. The van der Waals surface area contributed by atoms with Crippen LogP contribution in [-0.4, -0.2) is 49.6 Å². The highest BCUT2D eigenvalue weighted by atomic mass is 16.1. The van der Waals surface area contributed by atoms with Crippen LogP contribution in [0.1, 0.15) is 65.7 Å². The second-order valence-corrected chi connectivity index (χ2v) is 7.98. The van der Waals surface area contributed by atoms with Gasteiger partial charge in [-0.1, -0.05) is 33.6 Å². The molecule has 2 aliphatic rings. The minimum atomic E-state index is 0.253. The highest BCUT2D eigenvalue weighted by Crippen LogP contribution is 2.24. The molecule has 1 amide bonds. The van der Waals surface area contributed by atoms with Crippen molar-refractivity contribution in [2.24, 2.45) is 17.8 Å². The fraction of sp³-hybridized carbons (Fsp3) is 0.950. The van der Waals surface area contributed by atoms with E-state index in [1.165, 1.54) is 51.6 Å². The van der Waals surface area contributed by atoms with Crippen LogP contribution in [0.3, 0.4) is 0 Å². The average molecular weight is 338 g/mol. The molecule has 0 aromatic heterocycles. The smallest absolute Gasteiger partial charge is 0.220 e. The Labute approximate surface area is 149 Å². The van der Waals surface area contributed by atoms with Gasteiger partial charge in [-0.3, -0.25) is 9.69 Å². The summed E-state index contributed by atoms with van der Waals surface area (Å²) in [4.78, 5) is 15.1. The Bertz CT molecular complexity index is 356. The van der Waals surface area contributed by atoms with Gasteiger partial charge in [0.25, 0.3) is 0 Å². The Morgan fingerprint density at radius 1 is 1.21 bits per heavy atom. The standard InChI is InChI=1S/C20H39N3O/c1-4-17(5-2)19(23-11-6-7-12-23)15-22-20(24)13-16(3)18-9-8-10-21-14-18/h16-19,21H,4-15H2,1-3H3,(H,22,24). The first-order valence-electron chi connectivity index (χ1n) is 10.4. The van der Waals surface area contributed by atoms with Crippen LogP contribution in [0.2, 0.25) is 0 Å². The molecule has 3 atom stereocenters. The van der Waals surface area contributed by atoms with Crippen molar-refractivity contribution < 1.29 is 4.79 Å². The van der Waals surface area contributed by atoms with E-state index in [1.807, 2.05) is 0 Å². The van der Waals surface area contributed by atoms with Crippen molar-refractivity contribution in [3.8, 4) is 0 Å². The second kappa shape index (κ2) is 10.4. The average Bonchev–Trinajstić information content (AvgIpc) is 3.13. The van der Waals surface area contributed by atoms with Crippen LogP contribution in [0.4, 0.5) is 0 Å². The Kier molecular flexibility index (Phi) is 8.54. The lowest BCUT2D eigenvalue weighted by Crippen LogP contribution is -2.47. The van der Waals surface area contributed by atoms with Crippen molar-refractivity contribution in [1.29, 1.82) is 0 Å². The molecule has 2 N–H and O–H groups in total. The minimum Gasteiger partial charge on any atom is -0.355 e. The number of likely N-dealkylation sites (tertiary alicyclic amines) is 1. The summed E-state index contributed by atoms with van der Waals surface area (Å²) in [6.45, 7) is 12.3. The zero-order valence-corrected chi connectivity index (χ0v) is 16.2. The molecule has 0 aromatic rings. The monoisotopic (exact) mass is 337 g/mol. The molecule has 0 spiro atoms. The van der Waals surface area contributed by atoms with E-state index in [0.717, 1.165) is 19.6 Å². The molecule has 0 aliphatic carbocycles. The van der Waals surface area contributed by atoms with Gasteiger partial charge in [-0.25, -0.2) is 0 Å². The predicted molar refractivity (Wildman–Crippen MR) is 101 cm³/mol. The molecule has 0 bridgehead atoms. The molecule has 2 aliphatic heterocycles. The van der Waals surface area contributed by atoms with Gasteiger partial charge in [-0.2, -0.15) is 0 Å². The van der Waals surface area contributed by atoms with E-state index in [1.54, 1.807) is 0 Å². The van der Waals surface area contributed by atoms with E-state index < -0.39 is 0 Å². The van der Waals surface area contributed by atoms with Gasteiger partial charge in [0.05, 0.1) is 0 Å². The summed E-state index contributed by atoms with van der Waals surface area (Å²) >= 11 is 0. The van der Waals surface area contributed by atoms with Crippen molar-refractivity contribution in [2.45, 2.75) is 71.8 Å². The minimum absolute atomic E-state index is 0.253. The van der Waals surface area contributed by atoms with Crippen LogP contribution in [0.15, 0.2) is 0 Å². The predicted octanol–water partition coefficient (Wildman–Crippen LogP) is 3.03. The lowest BCUT2D eigenvalue weighted by atomic mass is 9.85. The van der Waals surface area contributed by atoms with Crippen molar-refractivity contribution >= 4 is 5.91 Å². The number of nitrogens with one attached hydrogen (secondary N) is 2. The van der Waals surface area contributed by atoms with Crippen LogP contribution in [0.25, 0.3) is 0 Å². The molecular formula is C20H39N3O. The molecule has 0 aromatic carbocycles. The number of carbonyl (C=O) groups is 1. The van der Waals surface area contributed by atoms with Crippen LogP contribution >= 0.6 is 0 Å². The van der Waals surface area contributed by atoms with E-state index in [4.69, 9.17) is 0 Å². The first kappa shape index (κ1) is 19.7. The van der Waals surface area contributed by atoms with Gasteiger partial charge >= 0.3 is 0 Å². The number of carbonyl (C=O) groups excluding carboxylic acids is 1. The van der Waals surface area contributed by atoms with Gasteiger partial charge in [0.1, 0.15) is 0 Å². The van der Waals surface area contributed by atoms with E-state index in [9.17, 15) is 4.79 Å². The summed E-state index contributed by atoms with van der Waals surface area (Å²) in [5, 5.41) is 6.75. The quantitative estimate of drug-likeness (QED) is 0.680. The van der Waals surface area contributed by atoms with Crippen molar-refractivity contribution in [2.75, 3.05) is 32.7 Å². The third-order valence-electron chi connectivity index (χ3n) is 6.36. The SMILES string of the molecule is CCC(CC)C(CNC(=O)CC(C)C1CCCNC1)N1CCCC1. The van der Waals surface area contributed by atoms with Crippen molar-refractivity contribution in [3.63, 3.8) is 0 Å². The van der Waals surface area contributed by atoms with Crippen molar-refractivity contribution in [3.05, 3.63) is 0 Å². The molecule has 2 rings (SSSR count). The molecular weight excluding hydrogens is 298 g/mol. The van der Waals surface area contributed by atoms with Crippen LogP contribution < -0.4 is 10.6 Å². The zero-order chi connectivity index (χ0) is 17.4. The maximum Gasteiger partial charge on any atom is 0.220 e. The summed E-state index contributed by atoms with van der Waals surface area (Å²) < 4.78 is 0. The van der Waals surface area contributed by atoms with Crippen LogP contribution in [0.5, 0.6) is 0 Å². The first-order chi connectivity index (χ1) is 11.7. The number of hydrogen-bond acceptors (Lipinski definition) is 3. The van der Waals surface area contributed by atoms with Gasteiger partial charge in [0, 0.05) is 19.0 Å². The Morgan fingerprint density at radius 2 is 1.92 bits per heavy atom. The molecule has 0 radical (unpaired) electrons. The normalized spacial score (nSPS) is 24.9.